The van der Waals surface area contributed by atoms with Crippen molar-refractivity contribution >= 4 is 0 Å². The van der Waals surface area contributed by atoms with E-state index in [2.05, 4.69) is 103 Å². The molecule has 0 saturated heterocycles. The Balaban J connectivity index is 1.66. The Morgan fingerprint density at radius 1 is 0.676 bits per heavy atom. The predicted molar refractivity (Wildman–Crippen MR) is 138 cm³/mol. The highest BCUT2D eigenvalue weighted by molar-refractivity contribution is 5.86. The number of rotatable bonds is 5. The molecular weight excluding hydrogens is 416 g/mol. The summed E-state index contributed by atoms with van der Waals surface area (Å²) in [7, 11) is 2.07. The molecule has 0 atom stereocenters. The molecule has 0 spiro atoms. The van der Waals surface area contributed by atoms with Crippen LogP contribution in [0.1, 0.15) is 11.1 Å². The van der Waals surface area contributed by atoms with Crippen molar-refractivity contribution in [2.75, 3.05) is 0 Å². The minimum Gasteiger partial charge on any atom is -0.439 e. The number of ether oxygens (including phenoxy) is 1. The van der Waals surface area contributed by atoms with Crippen LogP contribution in [0.3, 0.4) is 0 Å². The maximum Gasteiger partial charge on any atom is 0.219 e. The van der Waals surface area contributed by atoms with Crippen molar-refractivity contribution in [2.45, 2.75) is 13.8 Å². The van der Waals surface area contributed by atoms with Crippen LogP contribution in [0.2, 0.25) is 0 Å². The Bertz CT molecular complexity index is 1420. The van der Waals surface area contributed by atoms with E-state index >= 15 is 0 Å². The Hall–Kier alpha value is -4.24. The van der Waals surface area contributed by atoms with Gasteiger partial charge in [0.05, 0.1) is 5.56 Å². The van der Waals surface area contributed by atoms with Crippen LogP contribution in [0, 0.1) is 13.8 Å². The molecule has 3 nitrogen and oxygen atoms in total. The molecule has 0 saturated carbocycles. The van der Waals surface area contributed by atoms with Gasteiger partial charge in [-0.3, -0.25) is 0 Å². The Kier molecular flexibility index (Phi) is 5.92. The lowest BCUT2D eigenvalue weighted by Gasteiger charge is -2.17. The summed E-state index contributed by atoms with van der Waals surface area (Å²) in [4.78, 5) is 4.31. The minimum atomic E-state index is 0.582. The van der Waals surface area contributed by atoms with Gasteiger partial charge in [-0.25, -0.2) is 9.55 Å². The second-order valence-electron chi connectivity index (χ2n) is 8.53. The molecule has 0 bridgehead atoms. The fourth-order valence-corrected chi connectivity index (χ4v) is 4.53. The van der Waals surface area contributed by atoms with E-state index in [9.17, 15) is 0 Å². The first kappa shape index (κ1) is 21.6. The van der Waals surface area contributed by atoms with E-state index in [4.69, 9.17) is 4.74 Å². The number of aromatic nitrogens is 2. The van der Waals surface area contributed by atoms with Crippen LogP contribution >= 0.6 is 0 Å². The number of hydrogen-bond donors (Lipinski definition) is 0. The summed E-state index contributed by atoms with van der Waals surface area (Å²) >= 11 is 0. The zero-order valence-corrected chi connectivity index (χ0v) is 19.7. The van der Waals surface area contributed by atoms with Crippen LogP contribution in [0.15, 0.2) is 109 Å². The standard InChI is InChI=1S/C31H27N2O/c1-22-19-25(24-11-5-4-6-12-24)20-23(2)31(22)27-16-15-26(34-30-14-7-9-17-32-30)21-28(27)29-13-8-10-18-33(29)3/h4-21H,1-3H3/q+1. The smallest absolute Gasteiger partial charge is 0.219 e. The second kappa shape index (κ2) is 9.32. The molecule has 166 valence electrons. The van der Waals surface area contributed by atoms with Gasteiger partial charge in [0.25, 0.3) is 0 Å². The van der Waals surface area contributed by atoms with Gasteiger partial charge in [-0.2, -0.15) is 0 Å². The predicted octanol–water partition coefficient (Wildman–Crippen LogP) is 7.32. The molecule has 34 heavy (non-hydrogen) atoms. The Morgan fingerprint density at radius 2 is 1.41 bits per heavy atom. The molecule has 0 N–H and O–H groups in total. The fourth-order valence-electron chi connectivity index (χ4n) is 4.53. The quantitative estimate of drug-likeness (QED) is 0.266. The van der Waals surface area contributed by atoms with Gasteiger partial charge >= 0.3 is 0 Å². The van der Waals surface area contributed by atoms with Crippen LogP contribution in [0.25, 0.3) is 33.5 Å². The molecule has 5 rings (SSSR count). The van der Waals surface area contributed by atoms with Crippen molar-refractivity contribution < 1.29 is 9.30 Å². The van der Waals surface area contributed by atoms with Gasteiger partial charge in [0.1, 0.15) is 12.8 Å². The normalized spacial score (nSPS) is 10.8. The summed E-state index contributed by atoms with van der Waals surface area (Å²) in [6.07, 6.45) is 3.81. The van der Waals surface area contributed by atoms with Crippen molar-refractivity contribution in [1.29, 1.82) is 0 Å². The minimum absolute atomic E-state index is 0.582. The third-order valence-corrected chi connectivity index (χ3v) is 6.09. The van der Waals surface area contributed by atoms with E-state index in [1.807, 2.05) is 30.3 Å². The Labute approximate surface area is 201 Å². The first-order valence-corrected chi connectivity index (χ1v) is 11.4. The number of hydrogen-bond acceptors (Lipinski definition) is 2. The zero-order valence-electron chi connectivity index (χ0n) is 19.7. The van der Waals surface area contributed by atoms with Crippen molar-refractivity contribution in [2.24, 2.45) is 7.05 Å². The van der Waals surface area contributed by atoms with Crippen LogP contribution < -0.4 is 9.30 Å². The molecule has 0 aliphatic rings. The SMILES string of the molecule is Cc1cc(-c2ccccc2)cc(C)c1-c1ccc(Oc2ccccn2)cc1-c1cccc[n+]1C. The maximum atomic E-state index is 6.09. The molecule has 0 unspecified atom stereocenters. The average molecular weight is 444 g/mol. The molecule has 0 radical (unpaired) electrons. The molecular formula is C31H27N2O+. The summed E-state index contributed by atoms with van der Waals surface area (Å²) < 4.78 is 8.23. The largest absolute Gasteiger partial charge is 0.439 e. The van der Waals surface area contributed by atoms with E-state index < -0.39 is 0 Å². The number of aryl methyl sites for hydroxylation is 3. The van der Waals surface area contributed by atoms with Crippen LogP contribution in [0.4, 0.5) is 0 Å². The van der Waals surface area contributed by atoms with Gasteiger partial charge in [0, 0.05) is 24.4 Å². The van der Waals surface area contributed by atoms with Gasteiger partial charge in [0.15, 0.2) is 6.20 Å². The third-order valence-electron chi connectivity index (χ3n) is 6.09. The van der Waals surface area contributed by atoms with Crippen LogP contribution in [-0.2, 0) is 7.05 Å². The molecule has 0 fully saturated rings. The molecule has 2 aromatic heterocycles. The fraction of sp³-hybridized carbons (Fsp3) is 0.0968. The molecule has 0 amide bonds. The lowest BCUT2D eigenvalue weighted by atomic mass is 9.88. The van der Waals surface area contributed by atoms with E-state index in [1.165, 1.54) is 33.4 Å². The van der Waals surface area contributed by atoms with Gasteiger partial charge in [0.2, 0.25) is 11.6 Å². The zero-order chi connectivity index (χ0) is 23.5. The first-order chi connectivity index (χ1) is 16.6. The molecule has 3 heteroatoms. The lowest BCUT2D eigenvalue weighted by molar-refractivity contribution is -0.660. The van der Waals surface area contributed by atoms with Gasteiger partial charge in [-0.05, 0) is 77.6 Å². The summed E-state index contributed by atoms with van der Waals surface area (Å²) in [5, 5.41) is 0. The highest BCUT2D eigenvalue weighted by Crippen LogP contribution is 2.39. The molecule has 5 aromatic rings. The van der Waals surface area contributed by atoms with E-state index in [0.717, 1.165) is 17.0 Å². The molecule has 2 heterocycles. The van der Waals surface area contributed by atoms with Crippen LogP contribution in [-0.4, -0.2) is 4.98 Å². The molecule has 0 aliphatic carbocycles. The summed E-state index contributed by atoms with van der Waals surface area (Å²) in [5.74, 6) is 1.34. The van der Waals surface area contributed by atoms with E-state index in [1.54, 1.807) is 6.20 Å². The highest BCUT2D eigenvalue weighted by Gasteiger charge is 2.19. The Morgan fingerprint density at radius 3 is 2.12 bits per heavy atom. The lowest BCUT2D eigenvalue weighted by Crippen LogP contribution is -2.30. The third kappa shape index (κ3) is 4.33. The van der Waals surface area contributed by atoms with Gasteiger partial charge in [-0.1, -0.05) is 48.5 Å². The number of pyridine rings is 2. The highest BCUT2D eigenvalue weighted by atomic mass is 16.5. The first-order valence-electron chi connectivity index (χ1n) is 11.4. The maximum absolute atomic E-state index is 6.09. The topological polar surface area (TPSA) is 26.0 Å². The second-order valence-corrected chi connectivity index (χ2v) is 8.53. The summed E-state index contributed by atoms with van der Waals surface area (Å²) in [6, 6.07) is 33.4. The van der Waals surface area contributed by atoms with E-state index in [0.29, 0.717) is 5.88 Å². The number of benzene rings is 3. The van der Waals surface area contributed by atoms with Crippen LogP contribution in [0.5, 0.6) is 11.6 Å². The van der Waals surface area contributed by atoms with Crippen molar-refractivity contribution in [3.63, 3.8) is 0 Å². The van der Waals surface area contributed by atoms with Crippen molar-refractivity contribution in [1.82, 2.24) is 4.98 Å². The number of nitrogens with zero attached hydrogens (tertiary/aromatic N) is 2. The average Bonchev–Trinajstić information content (AvgIpc) is 2.86. The van der Waals surface area contributed by atoms with Crippen molar-refractivity contribution in [3.05, 3.63) is 121 Å². The van der Waals surface area contributed by atoms with E-state index in [-0.39, 0.29) is 0 Å². The summed E-state index contributed by atoms with van der Waals surface area (Å²) in [5.41, 5.74) is 9.64. The summed E-state index contributed by atoms with van der Waals surface area (Å²) in [6.45, 7) is 4.39. The molecule has 0 aliphatic heterocycles. The van der Waals surface area contributed by atoms with Gasteiger partial charge < -0.3 is 4.74 Å². The van der Waals surface area contributed by atoms with Gasteiger partial charge in [-0.15, -0.1) is 0 Å². The van der Waals surface area contributed by atoms with Crippen molar-refractivity contribution in [3.8, 4) is 45.1 Å². The molecule has 3 aromatic carbocycles. The monoisotopic (exact) mass is 443 g/mol.